The molecule has 3 aliphatic rings. The summed E-state index contributed by atoms with van der Waals surface area (Å²) in [4.78, 5) is 55.1. The zero-order valence-electron chi connectivity index (χ0n) is 19.7. The molecule has 2 amide bonds. The van der Waals surface area contributed by atoms with Gasteiger partial charge in [-0.15, -0.1) is 0 Å². The van der Waals surface area contributed by atoms with E-state index in [0.29, 0.717) is 18.4 Å². The summed E-state index contributed by atoms with van der Waals surface area (Å²) in [7, 11) is 0. The summed E-state index contributed by atoms with van der Waals surface area (Å²) in [6, 6.07) is 14.0. The van der Waals surface area contributed by atoms with Crippen LogP contribution in [-0.2, 0) is 35.8 Å². The molecule has 1 fully saturated rings. The van der Waals surface area contributed by atoms with Gasteiger partial charge in [0.05, 0.1) is 24.3 Å². The van der Waals surface area contributed by atoms with Crippen LogP contribution in [0.15, 0.2) is 48.5 Å². The molecule has 2 atom stereocenters. The van der Waals surface area contributed by atoms with Crippen LogP contribution in [0.3, 0.4) is 0 Å². The van der Waals surface area contributed by atoms with Gasteiger partial charge >= 0.3 is 11.9 Å². The molecule has 2 aliphatic heterocycles. The minimum atomic E-state index is -1.88. The van der Waals surface area contributed by atoms with Crippen LogP contribution in [0.2, 0.25) is 0 Å². The number of benzene rings is 2. The summed E-state index contributed by atoms with van der Waals surface area (Å²) in [5.41, 5.74) is -1.16. The van der Waals surface area contributed by atoms with E-state index in [1.807, 2.05) is 24.3 Å². The van der Waals surface area contributed by atoms with E-state index in [1.165, 1.54) is 0 Å². The van der Waals surface area contributed by atoms with Crippen LogP contribution in [0.25, 0.3) is 0 Å². The lowest BCUT2D eigenvalue weighted by molar-refractivity contribution is -0.192. The maximum Gasteiger partial charge on any atom is 0.327 e. The fourth-order valence-corrected chi connectivity index (χ4v) is 5.86. The van der Waals surface area contributed by atoms with E-state index < -0.39 is 41.0 Å². The van der Waals surface area contributed by atoms with Crippen molar-refractivity contribution in [3.8, 4) is 0 Å². The lowest BCUT2D eigenvalue weighted by Crippen LogP contribution is -2.56. The molecule has 1 saturated heterocycles. The van der Waals surface area contributed by atoms with Crippen molar-refractivity contribution in [3.05, 3.63) is 70.8 Å². The Balaban J connectivity index is 1.69. The molecule has 0 bridgehead atoms. The van der Waals surface area contributed by atoms with E-state index >= 15 is 0 Å². The number of nitrogens with zero attached hydrogens (tertiary/aromatic N) is 1. The molecular weight excluding hydrogens is 450 g/mol. The Kier molecular flexibility index (Phi) is 5.71. The number of hydrogen-bond acceptors (Lipinski definition) is 7. The number of esters is 2. The first-order chi connectivity index (χ1) is 16.9. The van der Waals surface area contributed by atoms with E-state index in [1.54, 1.807) is 38.1 Å². The Hall–Kier alpha value is -3.52. The highest BCUT2D eigenvalue weighted by atomic mass is 16.6. The predicted octanol–water partition coefficient (Wildman–Crippen LogP) is 3.37. The van der Waals surface area contributed by atoms with Crippen LogP contribution in [-0.4, -0.2) is 48.1 Å². The number of amides is 2. The van der Waals surface area contributed by atoms with Crippen LogP contribution < -0.4 is 0 Å². The zero-order valence-corrected chi connectivity index (χ0v) is 19.7. The first kappa shape index (κ1) is 23.2. The lowest BCUT2D eigenvalue weighted by Gasteiger charge is -2.44. The second-order valence-corrected chi connectivity index (χ2v) is 8.99. The third-order valence-electron chi connectivity index (χ3n) is 7.30. The average Bonchev–Trinajstić information content (AvgIpc) is 3.33. The van der Waals surface area contributed by atoms with E-state index in [2.05, 4.69) is 0 Å². The van der Waals surface area contributed by atoms with Gasteiger partial charge in [-0.1, -0.05) is 36.4 Å². The molecule has 0 aromatic heterocycles. The van der Waals surface area contributed by atoms with Gasteiger partial charge in [-0.3, -0.25) is 19.2 Å². The average molecular weight is 478 g/mol. The summed E-state index contributed by atoms with van der Waals surface area (Å²) in [5.74, 6) is -2.57. The maximum atomic E-state index is 13.7. The second-order valence-electron chi connectivity index (χ2n) is 8.99. The molecule has 8 nitrogen and oxygen atoms in total. The largest absolute Gasteiger partial charge is 0.465 e. The molecule has 0 saturated carbocycles. The van der Waals surface area contributed by atoms with Gasteiger partial charge in [0.15, 0.2) is 0 Å². The number of rotatable bonds is 5. The van der Waals surface area contributed by atoms with Crippen LogP contribution in [0.4, 0.5) is 0 Å². The van der Waals surface area contributed by atoms with E-state index in [0.717, 1.165) is 16.9 Å². The summed E-state index contributed by atoms with van der Waals surface area (Å²) in [6.07, 6.45) is 0.334. The van der Waals surface area contributed by atoms with Crippen molar-refractivity contribution in [2.45, 2.75) is 51.4 Å². The fraction of sp³-hybridized carbons (Fsp3) is 0.407. The monoisotopic (exact) mass is 477 g/mol. The number of imide groups is 1. The standard InChI is InChI=1S/C27H27NO7/c1-3-33-24(31)26(25(32)34-4-2)16-21(28-22(29)18-12-6-7-13-19(18)23(28)30)35-27(26)15-9-11-17-10-5-8-14-20(17)27/h5-8,10,12-14,21H,3-4,9,11,15-16H2,1-2H3/t21-,27+/m1/s1. The molecule has 2 aromatic rings. The number of aryl methyl sites for hydroxylation is 1. The highest BCUT2D eigenvalue weighted by Gasteiger charge is 2.73. The van der Waals surface area contributed by atoms with Gasteiger partial charge in [0.2, 0.25) is 5.41 Å². The normalized spacial score (nSPS) is 24.3. The number of carbonyl (C=O) groups excluding carboxylic acids is 4. The number of fused-ring (bicyclic) bond motifs is 3. The maximum absolute atomic E-state index is 13.7. The van der Waals surface area contributed by atoms with Crippen molar-refractivity contribution in [2.75, 3.05) is 13.2 Å². The molecular formula is C27H27NO7. The van der Waals surface area contributed by atoms with Crippen molar-refractivity contribution >= 4 is 23.8 Å². The highest BCUT2D eigenvalue weighted by Crippen LogP contribution is 2.60. The third kappa shape index (κ3) is 3.16. The molecule has 1 spiro atoms. The molecule has 1 aliphatic carbocycles. The van der Waals surface area contributed by atoms with Crippen molar-refractivity contribution in [1.82, 2.24) is 4.90 Å². The molecule has 182 valence electrons. The van der Waals surface area contributed by atoms with Crippen LogP contribution in [0, 0.1) is 5.41 Å². The molecule has 0 radical (unpaired) electrons. The van der Waals surface area contributed by atoms with Crippen LogP contribution in [0.1, 0.15) is 65.0 Å². The first-order valence-electron chi connectivity index (χ1n) is 12.0. The molecule has 2 heterocycles. The molecule has 2 aromatic carbocycles. The van der Waals surface area contributed by atoms with Gasteiger partial charge < -0.3 is 14.2 Å². The van der Waals surface area contributed by atoms with E-state index in [4.69, 9.17) is 14.2 Å². The molecule has 0 unspecified atom stereocenters. The topological polar surface area (TPSA) is 99.2 Å². The van der Waals surface area contributed by atoms with Gasteiger partial charge in [-0.25, -0.2) is 4.90 Å². The zero-order chi connectivity index (χ0) is 24.8. The Morgan fingerprint density at radius 3 is 2.11 bits per heavy atom. The molecule has 5 rings (SSSR count). The number of ether oxygens (including phenoxy) is 3. The van der Waals surface area contributed by atoms with Gasteiger partial charge in [-0.05, 0) is 56.4 Å². The predicted molar refractivity (Wildman–Crippen MR) is 123 cm³/mol. The van der Waals surface area contributed by atoms with Crippen molar-refractivity contribution in [3.63, 3.8) is 0 Å². The minimum absolute atomic E-state index is 0.0510. The molecule has 0 N–H and O–H groups in total. The summed E-state index contributed by atoms with van der Waals surface area (Å²) < 4.78 is 17.5. The van der Waals surface area contributed by atoms with Crippen LogP contribution in [0.5, 0.6) is 0 Å². The quantitative estimate of drug-likeness (QED) is 0.370. The van der Waals surface area contributed by atoms with E-state index in [9.17, 15) is 19.2 Å². The highest BCUT2D eigenvalue weighted by molar-refractivity contribution is 6.21. The molecule has 8 heteroatoms. The number of carbonyl (C=O) groups is 4. The Labute approximate surface area is 203 Å². The molecule has 35 heavy (non-hydrogen) atoms. The summed E-state index contributed by atoms with van der Waals surface area (Å²) >= 11 is 0. The number of hydrogen-bond donors (Lipinski definition) is 0. The first-order valence-corrected chi connectivity index (χ1v) is 12.0. The Morgan fingerprint density at radius 1 is 0.943 bits per heavy atom. The third-order valence-corrected chi connectivity index (χ3v) is 7.30. The van der Waals surface area contributed by atoms with Crippen molar-refractivity contribution in [2.24, 2.45) is 5.41 Å². The lowest BCUT2D eigenvalue weighted by atomic mass is 9.62. The fourth-order valence-electron chi connectivity index (χ4n) is 5.86. The Morgan fingerprint density at radius 2 is 1.51 bits per heavy atom. The van der Waals surface area contributed by atoms with Gasteiger partial charge in [0.25, 0.3) is 11.8 Å². The van der Waals surface area contributed by atoms with Gasteiger partial charge in [-0.2, -0.15) is 0 Å². The summed E-state index contributed by atoms with van der Waals surface area (Å²) in [6.45, 7) is 3.43. The minimum Gasteiger partial charge on any atom is -0.465 e. The second kappa shape index (κ2) is 8.61. The Bertz CT molecular complexity index is 1170. The van der Waals surface area contributed by atoms with Crippen LogP contribution >= 0.6 is 0 Å². The SMILES string of the molecule is CCOC(=O)C1(C(=O)OCC)C[C@H](N2C(=O)c3ccccc3C2=O)O[C@]12CCCc1ccccc12. The van der Waals surface area contributed by atoms with Crippen molar-refractivity contribution < 1.29 is 33.4 Å². The van der Waals surface area contributed by atoms with Gasteiger partial charge in [0, 0.05) is 6.42 Å². The smallest absolute Gasteiger partial charge is 0.327 e. The van der Waals surface area contributed by atoms with E-state index in [-0.39, 0.29) is 30.8 Å². The van der Waals surface area contributed by atoms with Gasteiger partial charge in [0.1, 0.15) is 11.8 Å². The summed E-state index contributed by atoms with van der Waals surface area (Å²) in [5, 5.41) is 0. The van der Waals surface area contributed by atoms with Crippen molar-refractivity contribution in [1.29, 1.82) is 0 Å².